The summed E-state index contributed by atoms with van der Waals surface area (Å²) in [6, 6.07) is 16.3. The Balaban J connectivity index is 1.51. The number of aromatic hydroxyl groups is 1. The van der Waals surface area contributed by atoms with E-state index in [-0.39, 0.29) is 17.8 Å². The average Bonchev–Trinajstić information content (AvgIpc) is 3.40. The first-order chi connectivity index (χ1) is 14.2. The van der Waals surface area contributed by atoms with Crippen molar-refractivity contribution in [2.24, 2.45) is 5.92 Å². The summed E-state index contributed by atoms with van der Waals surface area (Å²) >= 11 is 0. The number of benzene rings is 2. The molecule has 1 saturated heterocycles. The predicted molar refractivity (Wildman–Crippen MR) is 105 cm³/mol. The highest BCUT2D eigenvalue weighted by Crippen LogP contribution is 2.60. The topological polar surface area (TPSA) is 71.7 Å². The first-order valence-corrected chi connectivity index (χ1v) is 10.1. The van der Waals surface area contributed by atoms with Crippen molar-refractivity contribution in [2.45, 2.75) is 36.6 Å². The summed E-state index contributed by atoms with van der Waals surface area (Å²) in [6.07, 6.45) is 3.58. The Bertz CT molecular complexity index is 1060. The number of phenolic OH excluding ortho intramolecular Hbond substituents is 1. The van der Waals surface area contributed by atoms with Gasteiger partial charge in [-0.25, -0.2) is 0 Å². The molecule has 0 aromatic heterocycles. The highest BCUT2D eigenvalue weighted by molar-refractivity contribution is 5.73. The van der Waals surface area contributed by atoms with Gasteiger partial charge in [-0.05, 0) is 35.2 Å². The molecular formula is C24H21NO4. The van der Waals surface area contributed by atoms with Crippen LogP contribution in [-0.4, -0.2) is 30.2 Å². The Kier molecular flexibility index (Phi) is 3.45. The number of ether oxygens (including phenoxy) is 3. The first-order valence-electron chi connectivity index (χ1n) is 10.1. The molecule has 2 aromatic carbocycles. The lowest BCUT2D eigenvalue weighted by Crippen LogP contribution is -2.54. The Morgan fingerprint density at radius 2 is 1.86 bits per heavy atom. The zero-order chi connectivity index (χ0) is 19.6. The van der Waals surface area contributed by atoms with Crippen LogP contribution in [0.4, 0.5) is 0 Å². The van der Waals surface area contributed by atoms with Gasteiger partial charge in [0.15, 0.2) is 5.79 Å². The van der Waals surface area contributed by atoms with Gasteiger partial charge in [0.2, 0.25) is 0 Å². The van der Waals surface area contributed by atoms with Crippen LogP contribution >= 0.6 is 0 Å². The van der Waals surface area contributed by atoms with Crippen molar-refractivity contribution in [1.29, 1.82) is 5.26 Å². The second-order valence-corrected chi connectivity index (χ2v) is 8.36. The molecule has 3 atom stereocenters. The summed E-state index contributed by atoms with van der Waals surface area (Å²) in [7, 11) is 0. The van der Waals surface area contributed by atoms with Gasteiger partial charge in [0.05, 0.1) is 31.0 Å². The van der Waals surface area contributed by atoms with E-state index in [0.717, 1.165) is 27.8 Å². The summed E-state index contributed by atoms with van der Waals surface area (Å²) in [6.45, 7) is 1.12. The van der Waals surface area contributed by atoms with E-state index in [4.69, 9.17) is 14.2 Å². The highest BCUT2D eigenvalue weighted by Gasteiger charge is 2.63. The lowest BCUT2D eigenvalue weighted by molar-refractivity contribution is -0.154. The zero-order valence-corrected chi connectivity index (χ0v) is 15.9. The third-order valence-corrected chi connectivity index (χ3v) is 7.06. The van der Waals surface area contributed by atoms with Crippen LogP contribution in [0.15, 0.2) is 54.3 Å². The summed E-state index contributed by atoms with van der Waals surface area (Å²) in [4.78, 5) is 0. The quantitative estimate of drug-likeness (QED) is 0.806. The van der Waals surface area contributed by atoms with Crippen LogP contribution in [0.5, 0.6) is 5.75 Å². The summed E-state index contributed by atoms with van der Waals surface area (Å²) in [5.74, 6) is -0.654. The van der Waals surface area contributed by atoms with Crippen molar-refractivity contribution in [1.82, 2.24) is 0 Å². The molecule has 2 aromatic rings. The normalized spacial score (nSPS) is 30.8. The van der Waals surface area contributed by atoms with Crippen LogP contribution in [0, 0.1) is 17.2 Å². The Morgan fingerprint density at radius 3 is 2.62 bits per heavy atom. The number of nitriles is 1. The third kappa shape index (κ3) is 2.16. The summed E-state index contributed by atoms with van der Waals surface area (Å²) in [5.41, 5.74) is 3.95. The molecule has 1 saturated carbocycles. The van der Waals surface area contributed by atoms with Crippen molar-refractivity contribution >= 4 is 0 Å². The molecule has 4 aliphatic rings. The molecule has 1 N–H and O–H groups in total. The van der Waals surface area contributed by atoms with Crippen molar-refractivity contribution in [3.05, 3.63) is 65.4 Å². The van der Waals surface area contributed by atoms with Gasteiger partial charge < -0.3 is 19.3 Å². The second kappa shape index (κ2) is 5.85. The maximum Gasteiger partial charge on any atom is 0.194 e. The zero-order valence-electron chi connectivity index (χ0n) is 15.9. The van der Waals surface area contributed by atoms with Gasteiger partial charge in [0.25, 0.3) is 0 Å². The molecule has 2 aliphatic carbocycles. The molecule has 146 valence electrons. The fraction of sp³-hybridized carbons (Fsp3) is 0.375. The van der Waals surface area contributed by atoms with Gasteiger partial charge in [-0.1, -0.05) is 30.3 Å². The average molecular weight is 387 g/mol. The molecule has 6 rings (SSSR count). The van der Waals surface area contributed by atoms with Crippen LogP contribution in [0.25, 0.3) is 11.1 Å². The number of hydrogen-bond acceptors (Lipinski definition) is 5. The van der Waals surface area contributed by atoms with E-state index in [2.05, 4.69) is 6.07 Å². The smallest absolute Gasteiger partial charge is 0.194 e. The standard InChI is InChI=1S/C24H21NO4/c25-14-23-6-7-24(28-8-9-29-24)19-13-27-21(22(19)23)11-16-10-17(20(26)12-18(16)23)15-4-2-1-3-5-15/h1-5,10,12-13,21-22,26H,6-9,11H2/t21-,22-,23-/m1/s1. The van der Waals surface area contributed by atoms with E-state index in [1.807, 2.05) is 36.4 Å². The fourth-order valence-corrected chi connectivity index (χ4v) is 5.79. The molecule has 0 radical (unpaired) electrons. The van der Waals surface area contributed by atoms with Crippen LogP contribution in [0.3, 0.4) is 0 Å². The Morgan fingerprint density at radius 1 is 1.07 bits per heavy atom. The minimum atomic E-state index is -0.747. The largest absolute Gasteiger partial charge is 0.507 e. The Labute approximate surface area is 169 Å². The van der Waals surface area contributed by atoms with E-state index < -0.39 is 11.2 Å². The molecule has 5 nitrogen and oxygen atoms in total. The maximum absolute atomic E-state index is 10.9. The first kappa shape index (κ1) is 17.1. The molecule has 1 spiro atoms. The minimum absolute atomic E-state index is 0.115. The molecule has 29 heavy (non-hydrogen) atoms. The molecule has 2 fully saturated rings. The van der Waals surface area contributed by atoms with Gasteiger partial charge in [-0.15, -0.1) is 0 Å². The monoisotopic (exact) mass is 387 g/mol. The number of fused-ring (bicyclic) bond motifs is 3. The second-order valence-electron chi connectivity index (χ2n) is 8.36. The van der Waals surface area contributed by atoms with Gasteiger partial charge in [-0.3, -0.25) is 0 Å². The summed E-state index contributed by atoms with van der Waals surface area (Å²) < 4.78 is 18.1. The number of nitrogens with zero attached hydrogens (tertiary/aromatic N) is 1. The van der Waals surface area contributed by atoms with Crippen LogP contribution in [0.2, 0.25) is 0 Å². The summed E-state index contributed by atoms with van der Waals surface area (Å²) in [5, 5.41) is 21.3. The van der Waals surface area contributed by atoms with Crippen molar-refractivity contribution < 1.29 is 19.3 Å². The van der Waals surface area contributed by atoms with Crippen LogP contribution < -0.4 is 0 Å². The van der Waals surface area contributed by atoms with Crippen molar-refractivity contribution in [2.75, 3.05) is 13.2 Å². The van der Waals surface area contributed by atoms with Gasteiger partial charge in [0, 0.05) is 29.9 Å². The van der Waals surface area contributed by atoms with Gasteiger partial charge in [0.1, 0.15) is 11.9 Å². The van der Waals surface area contributed by atoms with E-state index in [1.54, 1.807) is 12.3 Å². The fourth-order valence-electron chi connectivity index (χ4n) is 5.79. The molecule has 0 unspecified atom stereocenters. The van der Waals surface area contributed by atoms with E-state index in [9.17, 15) is 10.4 Å². The molecule has 2 heterocycles. The van der Waals surface area contributed by atoms with Crippen molar-refractivity contribution in [3.63, 3.8) is 0 Å². The third-order valence-electron chi connectivity index (χ3n) is 7.06. The van der Waals surface area contributed by atoms with Crippen molar-refractivity contribution in [3.8, 4) is 22.9 Å². The van der Waals surface area contributed by atoms with E-state index >= 15 is 0 Å². The molecule has 2 aliphatic heterocycles. The van der Waals surface area contributed by atoms with Crippen LogP contribution in [0.1, 0.15) is 24.0 Å². The SMILES string of the molecule is N#C[C@]12CCC3(OCCO3)C3=CO[C@H](Cc4cc(-c5ccccc5)c(O)cc41)[C@@H]32. The van der Waals surface area contributed by atoms with Gasteiger partial charge >= 0.3 is 0 Å². The molecular weight excluding hydrogens is 366 g/mol. The molecule has 0 bridgehead atoms. The lowest BCUT2D eigenvalue weighted by Gasteiger charge is -2.49. The highest BCUT2D eigenvalue weighted by atomic mass is 16.7. The number of phenols is 1. The minimum Gasteiger partial charge on any atom is -0.507 e. The number of hydrogen-bond donors (Lipinski definition) is 1. The van der Waals surface area contributed by atoms with E-state index in [1.165, 1.54) is 0 Å². The van der Waals surface area contributed by atoms with Crippen LogP contribution in [-0.2, 0) is 26.0 Å². The number of rotatable bonds is 1. The molecule has 0 amide bonds. The van der Waals surface area contributed by atoms with Gasteiger partial charge in [-0.2, -0.15) is 5.26 Å². The lowest BCUT2D eigenvalue weighted by atomic mass is 9.54. The maximum atomic E-state index is 10.9. The predicted octanol–water partition coefficient (Wildman–Crippen LogP) is 3.81. The molecule has 5 heteroatoms. The Hall–Kier alpha value is -2.81. The van der Waals surface area contributed by atoms with E-state index in [0.29, 0.717) is 32.5 Å².